The standard InChI is InChI=1S/C23H22N2O2.C2HF3O2/c24-23(26)20-6-3-5-19(16-20)17-8-10-21(11-9-17)27-15-14-25-13-12-18-4-1-2-7-22(18)25;3-2(4,5)1(6)7/h1-11,16H,12-15H2,(H2,24,26);(H,6,7). The lowest BCUT2D eigenvalue weighted by Crippen LogP contribution is -2.26. The Labute approximate surface area is 194 Å². The lowest BCUT2D eigenvalue weighted by molar-refractivity contribution is -0.192. The fourth-order valence-electron chi connectivity index (χ4n) is 3.51. The van der Waals surface area contributed by atoms with E-state index in [2.05, 4.69) is 29.2 Å². The van der Waals surface area contributed by atoms with E-state index in [1.54, 1.807) is 6.07 Å². The summed E-state index contributed by atoms with van der Waals surface area (Å²) in [6.45, 7) is 2.57. The number of benzene rings is 3. The molecular formula is C25H23F3N2O4. The van der Waals surface area contributed by atoms with Crippen LogP contribution in [0.4, 0.5) is 18.9 Å². The molecular weight excluding hydrogens is 449 g/mol. The molecule has 0 fully saturated rings. The number of primary amides is 1. The third-order valence-electron chi connectivity index (χ3n) is 5.19. The van der Waals surface area contributed by atoms with Gasteiger partial charge in [0.1, 0.15) is 12.4 Å². The van der Waals surface area contributed by atoms with Crippen LogP contribution in [0.15, 0.2) is 72.8 Å². The van der Waals surface area contributed by atoms with Crippen molar-refractivity contribution in [2.24, 2.45) is 5.73 Å². The quantitative estimate of drug-likeness (QED) is 0.550. The Kier molecular flexibility index (Phi) is 7.78. The van der Waals surface area contributed by atoms with Gasteiger partial charge in [-0.2, -0.15) is 13.2 Å². The number of carbonyl (C=O) groups is 2. The zero-order valence-corrected chi connectivity index (χ0v) is 18.1. The number of fused-ring (bicyclic) bond motifs is 1. The summed E-state index contributed by atoms with van der Waals surface area (Å²) in [5.41, 5.74) is 10.6. The van der Waals surface area contributed by atoms with Gasteiger partial charge in [0, 0.05) is 17.8 Å². The van der Waals surface area contributed by atoms with Crippen LogP contribution in [-0.2, 0) is 11.2 Å². The van der Waals surface area contributed by atoms with Gasteiger partial charge in [-0.1, -0.05) is 42.5 Å². The van der Waals surface area contributed by atoms with Crippen molar-refractivity contribution in [3.05, 3.63) is 83.9 Å². The van der Waals surface area contributed by atoms with E-state index >= 15 is 0 Å². The van der Waals surface area contributed by atoms with Crippen molar-refractivity contribution in [3.8, 4) is 16.9 Å². The van der Waals surface area contributed by atoms with E-state index in [0.29, 0.717) is 12.2 Å². The van der Waals surface area contributed by atoms with Gasteiger partial charge in [-0.15, -0.1) is 0 Å². The molecule has 6 nitrogen and oxygen atoms in total. The molecule has 0 spiro atoms. The Bertz CT molecular complexity index is 1150. The van der Waals surface area contributed by atoms with Crippen LogP contribution in [0.1, 0.15) is 15.9 Å². The molecule has 4 rings (SSSR count). The number of hydrogen-bond donors (Lipinski definition) is 2. The fourth-order valence-corrected chi connectivity index (χ4v) is 3.51. The minimum absolute atomic E-state index is 0.416. The summed E-state index contributed by atoms with van der Waals surface area (Å²) in [4.78, 5) is 22.6. The van der Waals surface area contributed by atoms with E-state index < -0.39 is 18.1 Å². The smallest absolute Gasteiger partial charge is 0.490 e. The van der Waals surface area contributed by atoms with Gasteiger partial charge in [0.25, 0.3) is 0 Å². The zero-order chi connectivity index (χ0) is 24.7. The van der Waals surface area contributed by atoms with Gasteiger partial charge in [-0.25, -0.2) is 4.79 Å². The van der Waals surface area contributed by atoms with Crippen molar-refractivity contribution in [3.63, 3.8) is 0 Å². The number of aliphatic carboxylic acids is 1. The number of halogens is 3. The average Bonchev–Trinajstić information content (AvgIpc) is 3.22. The number of ether oxygens (including phenoxy) is 1. The number of carboxylic acids is 1. The lowest BCUT2D eigenvalue weighted by atomic mass is 10.0. The average molecular weight is 472 g/mol. The Balaban J connectivity index is 0.000000406. The van der Waals surface area contributed by atoms with Crippen LogP contribution in [0.3, 0.4) is 0 Å². The largest absolute Gasteiger partial charge is 0.492 e. The minimum Gasteiger partial charge on any atom is -0.492 e. The lowest BCUT2D eigenvalue weighted by Gasteiger charge is -2.19. The highest BCUT2D eigenvalue weighted by Crippen LogP contribution is 2.27. The molecule has 1 amide bonds. The number of para-hydroxylation sites is 1. The molecule has 3 aromatic carbocycles. The Morgan fingerprint density at radius 1 is 0.971 bits per heavy atom. The molecule has 3 N–H and O–H groups in total. The van der Waals surface area contributed by atoms with Gasteiger partial charge in [-0.3, -0.25) is 4.79 Å². The number of rotatable bonds is 6. The Hall–Kier alpha value is -4.01. The second-order valence-corrected chi connectivity index (χ2v) is 7.49. The predicted octanol–water partition coefficient (Wildman–Crippen LogP) is 4.53. The van der Waals surface area contributed by atoms with E-state index in [1.165, 1.54) is 11.3 Å². The summed E-state index contributed by atoms with van der Waals surface area (Å²) in [6, 6.07) is 23.8. The maximum atomic E-state index is 11.3. The molecule has 0 saturated heterocycles. The van der Waals surface area contributed by atoms with Gasteiger partial charge in [0.2, 0.25) is 5.91 Å². The van der Waals surface area contributed by atoms with Crippen molar-refractivity contribution in [1.29, 1.82) is 0 Å². The highest BCUT2D eigenvalue weighted by atomic mass is 19.4. The summed E-state index contributed by atoms with van der Waals surface area (Å²) in [7, 11) is 0. The molecule has 0 radical (unpaired) electrons. The van der Waals surface area contributed by atoms with Crippen LogP contribution < -0.4 is 15.4 Å². The number of carbonyl (C=O) groups excluding carboxylic acids is 1. The third kappa shape index (κ3) is 6.50. The molecule has 9 heteroatoms. The molecule has 178 valence electrons. The van der Waals surface area contributed by atoms with Crippen LogP contribution in [0.25, 0.3) is 11.1 Å². The van der Waals surface area contributed by atoms with Crippen LogP contribution in [0.5, 0.6) is 5.75 Å². The normalized spacial score (nSPS) is 12.4. The van der Waals surface area contributed by atoms with Gasteiger partial charge in [-0.05, 0) is 53.4 Å². The summed E-state index contributed by atoms with van der Waals surface area (Å²) >= 11 is 0. The minimum atomic E-state index is -5.08. The summed E-state index contributed by atoms with van der Waals surface area (Å²) in [5.74, 6) is -2.33. The van der Waals surface area contributed by atoms with Crippen molar-refractivity contribution in [2.75, 3.05) is 24.6 Å². The molecule has 0 aromatic heterocycles. The number of carboxylic acid groups (broad SMARTS) is 1. The summed E-state index contributed by atoms with van der Waals surface area (Å²) in [5, 5.41) is 7.12. The van der Waals surface area contributed by atoms with Gasteiger partial charge in [0.15, 0.2) is 0 Å². The molecule has 0 atom stereocenters. The van der Waals surface area contributed by atoms with Crippen molar-refractivity contribution in [1.82, 2.24) is 0 Å². The number of amides is 1. The van der Waals surface area contributed by atoms with Crippen molar-refractivity contribution < 1.29 is 32.6 Å². The molecule has 0 saturated carbocycles. The fraction of sp³-hybridized carbons (Fsp3) is 0.200. The first-order chi connectivity index (χ1) is 16.1. The molecule has 1 heterocycles. The molecule has 34 heavy (non-hydrogen) atoms. The van der Waals surface area contributed by atoms with E-state index in [4.69, 9.17) is 20.4 Å². The SMILES string of the molecule is NC(=O)c1cccc(-c2ccc(OCCN3CCc4ccccc43)cc2)c1.O=C(O)C(F)(F)F. The van der Waals surface area contributed by atoms with E-state index in [-0.39, 0.29) is 0 Å². The Morgan fingerprint density at radius 2 is 1.65 bits per heavy atom. The second-order valence-electron chi connectivity index (χ2n) is 7.49. The van der Waals surface area contributed by atoms with Crippen molar-refractivity contribution >= 4 is 17.6 Å². The monoisotopic (exact) mass is 472 g/mol. The molecule has 0 aliphatic carbocycles. The third-order valence-corrected chi connectivity index (χ3v) is 5.19. The maximum Gasteiger partial charge on any atom is 0.490 e. The van der Waals surface area contributed by atoms with E-state index in [1.807, 2.05) is 42.5 Å². The number of alkyl halides is 3. The molecule has 0 bridgehead atoms. The number of nitrogens with two attached hydrogens (primary N) is 1. The first-order valence-electron chi connectivity index (χ1n) is 10.4. The molecule has 3 aromatic rings. The highest BCUT2D eigenvalue weighted by Gasteiger charge is 2.38. The van der Waals surface area contributed by atoms with Crippen LogP contribution in [-0.4, -0.2) is 42.9 Å². The molecule has 1 aliphatic heterocycles. The predicted molar refractivity (Wildman–Crippen MR) is 122 cm³/mol. The first-order valence-corrected chi connectivity index (χ1v) is 10.4. The summed E-state index contributed by atoms with van der Waals surface area (Å²) < 4.78 is 37.7. The first kappa shape index (κ1) is 24.6. The highest BCUT2D eigenvalue weighted by molar-refractivity contribution is 5.94. The second kappa shape index (κ2) is 10.7. The van der Waals surface area contributed by atoms with E-state index in [0.717, 1.165) is 36.4 Å². The van der Waals surface area contributed by atoms with Gasteiger partial charge < -0.3 is 20.5 Å². The topological polar surface area (TPSA) is 92.9 Å². The van der Waals surface area contributed by atoms with Gasteiger partial charge >= 0.3 is 12.1 Å². The van der Waals surface area contributed by atoms with Crippen molar-refractivity contribution in [2.45, 2.75) is 12.6 Å². The summed E-state index contributed by atoms with van der Waals surface area (Å²) in [6.07, 6.45) is -3.98. The maximum absolute atomic E-state index is 11.3. The van der Waals surface area contributed by atoms with Gasteiger partial charge in [0.05, 0.1) is 6.54 Å². The van der Waals surface area contributed by atoms with E-state index in [9.17, 15) is 18.0 Å². The van der Waals surface area contributed by atoms with Crippen LogP contribution in [0, 0.1) is 0 Å². The number of hydrogen-bond acceptors (Lipinski definition) is 4. The number of nitrogens with zero attached hydrogens (tertiary/aromatic N) is 1. The molecule has 0 unspecified atom stereocenters. The molecule has 1 aliphatic rings. The Morgan fingerprint density at radius 3 is 2.29 bits per heavy atom. The number of anilines is 1. The zero-order valence-electron chi connectivity index (χ0n) is 18.1. The van der Waals surface area contributed by atoms with Crippen LogP contribution in [0.2, 0.25) is 0 Å². The van der Waals surface area contributed by atoms with Crippen LogP contribution >= 0.6 is 0 Å².